The van der Waals surface area contributed by atoms with E-state index >= 15 is 0 Å². The second-order valence-electron chi connectivity index (χ2n) is 5.10. The molecule has 0 bridgehead atoms. The number of amides is 1. The van der Waals surface area contributed by atoms with E-state index in [1.54, 1.807) is 0 Å². The molecular weight excluding hydrogens is 343 g/mol. The van der Waals surface area contributed by atoms with E-state index in [-0.39, 0.29) is 24.9 Å². The lowest BCUT2D eigenvalue weighted by Gasteiger charge is -2.13. The van der Waals surface area contributed by atoms with Crippen LogP contribution in [0.4, 0.5) is 13.2 Å². The van der Waals surface area contributed by atoms with Crippen LogP contribution in [0.2, 0.25) is 0 Å². The van der Waals surface area contributed by atoms with Crippen LogP contribution < -0.4 is 16.0 Å². The maximum atomic E-state index is 12.5. The van der Waals surface area contributed by atoms with Crippen molar-refractivity contribution in [2.75, 3.05) is 13.6 Å². The molecule has 1 rings (SSSR count). The van der Waals surface area contributed by atoms with Gasteiger partial charge in [0, 0.05) is 31.4 Å². The molecule has 10 heteroatoms. The van der Waals surface area contributed by atoms with Gasteiger partial charge in [-0.05, 0) is 13.3 Å². The SMILES string of the molecule is CCC(C)NC(=O)CCNC(=NC)NCc1nc(C(F)(F)F)cs1. The monoisotopic (exact) mass is 365 g/mol. The van der Waals surface area contributed by atoms with Gasteiger partial charge in [-0.25, -0.2) is 4.98 Å². The lowest BCUT2D eigenvalue weighted by molar-refractivity contribution is -0.140. The van der Waals surface area contributed by atoms with Gasteiger partial charge in [-0.2, -0.15) is 13.2 Å². The van der Waals surface area contributed by atoms with Crippen LogP contribution in [0.25, 0.3) is 0 Å². The first kappa shape index (κ1) is 20.2. The van der Waals surface area contributed by atoms with Gasteiger partial charge >= 0.3 is 6.18 Å². The van der Waals surface area contributed by atoms with Crippen molar-refractivity contribution in [3.63, 3.8) is 0 Å². The number of halogens is 3. The Morgan fingerprint density at radius 1 is 1.42 bits per heavy atom. The zero-order valence-corrected chi connectivity index (χ0v) is 14.6. The molecule has 1 unspecified atom stereocenters. The zero-order chi connectivity index (χ0) is 18.2. The van der Waals surface area contributed by atoms with E-state index in [0.29, 0.717) is 17.5 Å². The fourth-order valence-electron chi connectivity index (χ4n) is 1.65. The molecule has 3 N–H and O–H groups in total. The number of hydrogen-bond acceptors (Lipinski definition) is 4. The number of nitrogens with zero attached hydrogens (tertiary/aromatic N) is 2. The van der Waals surface area contributed by atoms with Gasteiger partial charge in [-0.15, -0.1) is 11.3 Å². The van der Waals surface area contributed by atoms with Gasteiger partial charge < -0.3 is 16.0 Å². The number of alkyl halides is 3. The van der Waals surface area contributed by atoms with Gasteiger partial charge in [0.1, 0.15) is 5.01 Å². The van der Waals surface area contributed by atoms with Crippen LogP contribution in [0.1, 0.15) is 37.4 Å². The number of carbonyl (C=O) groups is 1. The first-order valence-electron chi connectivity index (χ1n) is 7.51. The molecule has 6 nitrogen and oxygen atoms in total. The molecule has 1 atom stereocenters. The van der Waals surface area contributed by atoms with E-state index in [9.17, 15) is 18.0 Å². The summed E-state index contributed by atoms with van der Waals surface area (Å²) in [5.74, 6) is 0.331. The van der Waals surface area contributed by atoms with Crippen molar-refractivity contribution in [2.24, 2.45) is 4.99 Å². The number of thiazole rings is 1. The number of aromatic nitrogens is 1. The predicted octanol–water partition coefficient (Wildman–Crippen LogP) is 2.13. The number of nitrogens with one attached hydrogen (secondary N) is 3. The Hall–Kier alpha value is -1.84. The van der Waals surface area contributed by atoms with Crippen molar-refractivity contribution >= 4 is 23.2 Å². The summed E-state index contributed by atoms with van der Waals surface area (Å²) in [6, 6.07) is 0.127. The van der Waals surface area contributed by atoms with E-state index in [1.165, 1.54) is 7.05 Å². The number of guanidine groups is 1. The third-order valence-electron chi connectivity index (χ3n) is 3.14. The summed E-state index contributed by atoms with van der Waals surface area (Å²) in [6.45, 7) is 4.40. The summed E-state index contributed by atoms with van der Waals surface area (Å²) in [5.41, 5.74) is -0.894. The van der Waals surface area contributed by atoms with Crippen molar-refractivity contribution in [3.8, 4) is 0 Å². The minimum absolute atomic E-state index is 0.0676. The molecule has 1 aromatic rings. The standard InChI is InChI=1S/C14H22F3N5OS/c1-4-9(2)21-11(23)5-6-19-13(18-3)20-7-12-22-10(8-24-12)14(15,16)17/h8-9H,4-7H2,1-3H3,(H,21,23)(H2,18,19,20). The number of hydrogen-bond donors (Lipinski definition) is 3. The lowest BCUT2D eigenvalue weighted by Crippen LogP contribution is -2.40. The fourth-order valence-corrected chi connectivity index (χ4v) is 2.39. The second-order valence-corrected chi connectivity index (χ2v) is 6.05. The molecule has 0 aliphatic carbocycles. The Morgan fingerprint density at radius 2 is 2.12 bits per heavy atom. The zero-order valence-electron chi connectivity index (χ0n) is 13.8. The van der Waals surface area contributed by atoms with Crippen molar-refractivity contribution in [1.82, 2.24) is 20.9 Å². The maximum Gasteiger partial charge on any atom is 0.434 e. The lowest BCUT2D eigenvalue weighted by atomic mass is 10.2. The highest BCUT2D eigenvalue weighted by molar-refractivity contribution is 7.09. The predicted molar refractivity (Wildman–Crippen MR) is 87.8 cm³/mol. The Kier molecular flexibility index (Phi) is 7.96. The first-order chi connectivity index (χ1) is 11.3. The quantitative estimate of drug-likeness (QED) is 0.511. The van der Waals surface area contributed by atoms with Crippen LogP contribution in [-0.4, -0.2) is 36.5 Å². The largest absolute Gasteiger partial charge is 0.434 e. The van der Waals surface area contributed by atoms with Crippen LogP contribution in [0.15, 0.2) is 10.4 Å². The Morgan fingerprint density at radius 3 is 2.67 bits per heavy atom. The Labute approximate surface area is 143 Å². The molecule has 0 aromatic carbocycles. The molecule has 0 aliphatic heterocycles. The van der Waals surface area contributed by atoms with E-state index in [0.717, 1.165) is 23.1 Å². The summed E-state index contributed by atoms with van der Waals surface area (Å²) in [5, 5.41) is 9.92. The highest BCUT2D eigenvalue weighted by atomic mass is 32.1. The van der Waals surface area contributed by atoms with Gasteiger partial charge in [0.2, 0.25) is 5.91 Å². The van der Waals surface area contributed by atoms with Gasteiger partial charge in [0.05, 0.1) is 6.54 Å². The molecule has 1 heterocycles. The molecule has 0 saturated heterocycles. The van der Waals surface area contributed by atoms with E-state index in [2.05, 4.69) is 25.9 Å². The summed E-state index contributed by atoms with van der Waals surface area (Å²) in [6.07, 6.45) is -3.30. The van der Waals surface area contributed by atoms with E-state index in [1.807, 2.05) is 13.8 Å². The summed E-state index contributed by atoms with van der Waals surface area (Å²) < 4.78 is 37.4. The Balaban J connectivity index is 2.35. The molecule has 0 radical (unpaired) electrons. The molecule has 24 heavy (non-hydrogen) atoms. The van der Waals surface area contributed by atoms with Gasteiger partial charge in [0.15, 0.2) is 11.7 Å². The number of aliphatic imine (C=N–C) groups is 1. The molecule has 1 aromatic heterocycles. The van der Waals surface area contributed by atoms with Crippen molar-refractivity contribution in [3.05, 3.63) is 16.1 Å². The maximum absolute atomic E-state index is 12.5. The van der Waals surface area contributed by atoms with Crippen LogP contribution in [0.3, 0.4) is 0 Å². The molecule has 0 saturated carbocycles. The number of carbonyl (C=O) groups excluding carboxylic acids is 1. The first-order valence-corrected chi connectivity index (χ1v) is 8.39. The smallest absolute Gasteiger partial charge is 0.356 e. The minimum atomic E-state index is -4.43. The van der Waals surface area contributed by atoms with E-state index < -0.39 is 11.9 Å². The summed E-state index contributed by atoms with van der Waals surface area (Å²) in [7, 11) is 1.54. The normalized spacial score (nSPS) is 13.5. The molecule has 0 spiro atoms. The highest BCUT2D eigenvalue weighted by Gasteiger charge is 2.33. The van der Waals surface area contributed by atoms with Crippen LogP contribution in [0.5, 0.6) is 0 Å². The molecular formula is C14H22F3N5OS. The minimum Gasteiger partial charge on any atom is -0.356 e. The van der Waals surface area contributed by atoms with Gasteiger partial charge in [-0.3, -0.25) is 9.79 Å². The third kappa shape index (κ3) is 7.16. The summed E-state index contributed by atoms with van der Waals surface area (Å²) in [4.78, 5) is 19.1. The third-order valence-corrected chi connectivity index (χ3v) is 3.99. The average Bonchev–Trinajstić information content (AvgIpc) is 2.99. The van der Waals surface area contributed by atoms with Crippen molar-refractivity contribution in [1.29, 1.82) is 0 Å². The molecule has 0 aliphatic rings. The van der Waals surface area contributed by atoms with E-state index in [4.69, 9.17) is 0 Å². The van der Waals surface area contributed by atoms with Crippen LogP contribution in [-0.2, 0) is 17.5 Å². The van der Waals surface area contributed by atoms with Crippen molar-refractivity contribution in [2.45, 2.75) is 45.5 Å². The highest BCUT2D eigenvalue weighted by Crippen LogP contribution is 2.29. The second kappa shape index (κ2) is 9.45. The molecule has 1 amide bonds. The number of rotatable bonds is 7. The van der Waals surface area contributed by atoms with Gasteiger partial charge in [-0.1, -0.05) is 6.92 Å². The van der Waals surface area contributed by atoms with Gasteiger partial charge in [0.25, 0.3) is 0 Å². The van der Waals surface area contributed by atoms with Crippen LogP contribution >= 0.6 is 11.3 Å². The molecule has 0 fully saturated rings. The van der Waals surface area contributed by atoms with Crippen molar-refractivity contribution < 1.29 is 18.0 Å². The summed E-state index contributed by atoms with van der Waals surface area (Å²) >= 11 is 0.926. The van der Waals surface area contributed by atoms with Crippen LogP contribution in [0, 0.1) is 0 Å². The Bertz CT molecular complexity index is 559. The molecule has 136 valence electrons. The average molecular weight is 365 g/mol. The topological polar surface area (TPSA) is 78.4 Å². The fraction of sp³-hybridized carbons (Fsp3) is 0.643.